The van der Waals surface area contributed by atoms with E-state index in [9.17, 15) is 43.2 Å². The van der Waals surface area contributed by atoms with Crippen LogP contribution in [0, 0.1) is 11.8 Å². The van der Waals surface area contributed by atoms with Gasteiger partial charge in [-0.3, -0.25) is 37.3 Å². The van der Waals surface area contributed by atoms with Gasteiger partial charge >= 0.3 is 39.5 Å². The van der Waals surface area contributed by atoms with Crippen molar-refractivity contribution in [1.82, 2.24) is 0 Å². The average Bonchev–Trinajstić information content (AvgIpc) is 0.977. The molecule has 0 rings (SSSR count). The number of aliphatic hydroxyl groups is 1. The summed E-state index contributed by atoms with van der Waals surface area (Å²) in [4.78, 5) is 73.2. The number of hydrogen-bond acceptors (Lipinski definition) is 15. The summed E-state index contributed by atoms with van der Waals surface area (Å²) in [6, 6.07) is 0. The summed E-state index contributed by atoms with van der Waals surface area (Å²) in [5.41, 5.74) is 0. The minimum atomic E-state index is -4.96. The molecule has 17 nitrogen and oxygen atoms in total. The highest BCUT2D eigenvalue weighted by Gasteiger charge is 2.30. The maximum atomic E-state index is 13.1. The number of phosphoric ester groups is 2. The number of hydrogen-bond donors (Lipinski definition) is 3. The monoisotopic (exact) mass is 1510 g/mol. The summed E-state index contributed by atoms with van der Waals surface area (Å²) in [5, 5.41) is 10.7. The molecule has 0 aliphatic carbocycles. The third-order valence-electron chi connectivity index (χ3n) is 19.7. The van der Waals surface area contributed by atoms with E-state index in [0.29, 0.717) is 25.7 Å². The molecule has 0 aromatic rings. The van der Waals surface area contributed by atoms with Gasteiger partial charge in [-0.1, -0.05) is 395 Å². The Hall–Kier alpha value is -1.94. The first kappa shape index (κ1) is 101. The lowest BCUT2D eigenvalue weighted by Crippen LogP contribution is -2.30. The van der Waals surface area contributed by atoms with Crippen LogP contribution in [0.3, 0.4) is 0 Å². The van der Waals surface area contributed by atoms with Gasteiger partial charge in [0.2, 0.25) is 0 Å². The molecule has 0 spiro atoms. The van der Waals surface area contributed by atoms with Crippen molar-refractivity contribution in [3.63, 3.8) is 0 Å². The van der Waals surface area contributed by atoms with Crippen molar-refractivity contribution in [3.8, 4) is 0 Å². The van der Waals surface area contributed by atoms with Crippen molar-refractivity contribution >= 4 is 39.5 Å². The second-order valence-electron chi connectivity index (χ2n) is 31.2. The Morgan fingerprint density at radius 1 is 0.262 bits per heavy atom. The molecule has 3 N–H and O–H groups in total. The number of unbranched alkanes of at least 4 members (excludes halogenated alkanes) is 53. The van der Waals surface area contributed by atoms with Crippen molar-refractivity contribution in [2.75, 3.05) is 39.6 Å². The largest absolute Gasteiger partial charge is 0.472 e. The Balaban J connectivity index is 5.26. The summed E-state index contributed by atoms with van der Waals surface area (Å²) >= 11 is 0. The number of esters is 4. The molecule has 0 heterocycles. The number of carbonyl (C=O) groups excluding carboxylic acids is 4. The van der Waals surface area contributed by atoms with Crippen molar-refractivity contribution < 1.29 is 80.2 Å². The molecule has 5 atom stereocenters. The van der Waals surface area contributed by atoms with E-state index in [1.54, 1.807) is 0 Å². The van der Waals surface area contributed by atoms with Crippen molar-refractivity contribution in [2.45, 2.75) is 464 Å². The molecule has 0 amide bonds. The minimum absolute atomic E-state index is 0.108. The number of rotatable bonds is 83. The second kappa shape index (κ2) is 75.5. The first-order chi connectivity index (χ1) is 49.9. The minimum Gasteiger partial charge on any atom is -0.462 e. The van der Waals surface area contributed by atoms with Crippen molar-refractivity contribution in [3.05, 3.63) is 0 Å². The molecular formula is C84H164O17P2. The predicted octanol–water partition coefficient (Wildman–Crippen LogP) is 25.5. The van der Waals surface area contributed by atoms with Gasteiger partial charge in [-0.25, -0.2) is 9.13 Å². The molecule has 0 saturated heterocycles. The first-order valence-electron chi connectivity index (χ1n) is 43.5. The lowest BCUT2D eigenvalue weighted by molar-refractivity contribution is -0.161. The van der Waals surface area contributed by atoms with Gasteiger partial charge in [0.05, 0.1) is 26.4 Å². The van der Waals surface area contributed by atoms with E-state index in [0.717, 1.165) is 102 Å². The van der Waals surface area contributed by atoms with Gasteiger partial charge in [0.15, 0.2) is 12.2 Å². The SMILES string of the molecule is CCCCCCCCCCCCCCCCCCCC(=O)OC[C@H](COP(=O)(O)OC[C@@H](O)COP(=O)(O)OC[C@@H](COC(=O)CCCCCCCCCCCC(C)C)OC(=O)CCCCCCCCCCCCCCCCCCC)OC(=O)CCCCCCCCCCCCCCCCC(C)C. The standard InChI is InChI=1S/C84H164O17P2/c1-7-9-11-13-15-17-19-21-23-25-27-32-36-42-48-54-60-66-81(86)94-72-79(100-84(89)69-63-57-51-44-38-34-30-29-31-35-40-46-52-58-64-76(3)4)74-98-102(90,91)96-70-78(85)71-97-103(92,93)99-75-80(73-95-82(87)67-61-55-49-45-39-41-47-53-59-65-77(5)6)101-83(88)68-62-56-50-43-37-33-28-26-24-22-20-18-16-14-12-10-8-2/h76-80,85H,7-75H2,1-6H3,(H,90,91)(H,92,93)/t78-,79-,80-/m1/s1. The highest BCUT2D eigenvalue weighted by molar-refractivity contribution is 7.47. The lowest BCUT2D eigenvalue weighted by Gasteiger charge is -2.21. The molecule has 103 heavy (non-hydrogen) atoms. The Morgan fingerprint density at radius 2 is 0.447 bits per heavy atom. The van der Waals surface area contributed by atoms with Crippen LogP contribution in [0.25, 0.3) is 0 Å². The van der Waals surface area contributed by atoms with Crippen LogP contribution in [-0.2, 0) is 65.4 Å². The molecule has 2 unspecified atom stereocenters. The molecular weight excluding hydrogens is 1340 g/mol. The van der Waals surface area contributed by atoms with Crippen LogP contribution >= 0.6 is 15.6 Å². The molecule has 0 aromatic carbocycles. The van der Waals surface area contributed by atoms with Gasteiger partial charge in [-0.2, -0.15) is 0 Å². The number of aliphatic hydroxyl groups excluding tert-OH is 1. The first-order valence-corrected chi connectivity index (χ1v) is 46.5. The highest BCUT2D eigenvalue weighted by Crippen LogP contribution is 2.45. The smallest absolute Gasteiger partial charge is 0.462 e. The third-order valence-corrected chi connectivity index (χ3v) is 21.6. The molecule has 612 valence electrons. The number of carbonyl (C=O) groups is 4. The topological polar surface area (TPSA) is 237 Å². The summed E-state index contributed by atoms with van der Waals surface area (Å²) < 4.78 is 68.9. The fourth-order valence-corrected chi connectivity index (χ4v) is 14.6. The Morgan fingerprint density at radius 3 is 0.660 bits per heavy atom. The van der Waals surface area contributed by atoms with Gasteiger partial charge in [-0.15, -0.1) is 0 Å². The molecule has 0 radical (unpaired) electrons. The van der Waals surface area contributed by atoms with Gasteiger partial charge in [0.25, 0.3) is 0 Å². The fraction of sp³-hybridized carbons (Fsp3) is 0.952. The maximum Gasteiger partial charge on any atom is 0.472 e. The van der Waals surface area contributed by atoms with Gasteiger partial charge in [0.1, 0.15) is 19.3 Å². The fourth-order valence-electron chi connectivity index (χ4n) is 13.1. The van der Waals surface area contributed by atoms with E-state index < -0.39 is 97.5 Å². The van der Waals surface area contributed by atoms with Crippen LogP contribution in [0.15, 0.2) is 0 Å². The lowest BCUT2D eigenvalue weighted by atomic mass is 10.0. The van der Waals surface area contributed by atoms with E-state index in [-0.39, 0.29) is 25.7 Å². The molecule has 19 heteroatoms. The van der Waals surface area contributed by atoms with Crippen LogP contribution in [-0.4, -0.2) is 96.7 Å². The van der Waals surface area contributed by atoms with Crippen LogP contribution < -0.4 is 0 Å². The van der Waals surface area contributed by atoms with Gasteiger partial charge in [0, 0.05) is 25.7 Å². The van der Waals surface area contributed by atoms with Crippen molar-refractivity contribution in [1.29, 1.82) is 0 Å². The summed E-state index contributed by atoms with van der Waals surface area (Å²) in [7, 11) is -9.93. The normalized spacial score (nSPS) is 13.9. The van der Waals surface area contributed by atoms with E-state index in [2.05, 4.69) is 41.5 Å². The number of phosphoric acid groups is 2. The Kier molecular flexibility index (Phi) is 74.1. The molecule has 0 bridgehead atoms. The summed E-state index contributed by atoms with van der Waals surface area (Å²) in [5.74, 6) is -0.564. The van der Waals surface area contributed by atoms with Crippen molar-refractivity contribution in [2.24, 2.45) is 11.8 Å². The number of ether oxygens (including phenoxy) is 4. The Bertz CT molecular complexity index is 1980. The quantitative estimate of drug-likeness (QED) is 0.0222. The summed E-state index contributed by atoms with van der Waals surface area (Å²) in [6.45, 7) is 9.67. The average molecular weight is 1510 g/mol. The van der Waals surface area contributed by atoms with Crippen LogP contribution in [0.1, 0.15) is 446 Å². The molecule has 0 aliphatic heterocycles. The van der Waals surface area contributed by atoms with E-state index in [1.807, 2.05) is 0 Å². The van der Waals surface area contributed by atoms with Crippen LogP contribution in [0.5, 0.6) is 0 Å². The van der Waals surface area contributed by atoms with E-state index >= 15 is 0 Å². The second-order valence-corrected chi connectivity index (χ2v) is 34.1. The highest BCUT2D eigenvalue weighted by atomic mass is 31.2. The molecule has 0 saturated carbocycles. The third kappa shape index (κ3) is 78.0. The van der Waals surface area contributed by atoms with Crippen LogP contribution in [0.2, 0.25) is 0 Å². The molecule has 0 fully saturated rings. The zero-order valence-electron chi connectivity index (χ0n) is 67.6. The predicted molar refractivity (Wildman–Crippen MR) is 423 cm³/mol. The molecule has 0 aromatic heterocycles. The van der Waals surface area contributed by atoms with E-state index in [1.165, 1.54) is 263 Å². The maximum absolute atomic E-state index is 13.1. The van der Waals surface area contributed by atoms with Gasteiger partial charge < -0.3 is 33.8 Å². The van der Waals surface area contributed by atoms with Crippen LogP contribution in [0.4, 0.5) is 0 Å². The molecule has 0 aliphatic rings. The zero-order chi connectivity index (χ0) is 75.6. The zero-order valence-corrected chi connectivity index (χ0v) is 69.4. The van der Waals surface area contributed by atoms with Gasteiger partial charge in [-0.05, 0) is 37.5 Å². The Labute approximate surface area is 632 Å². The van der Waals surface area contributed by atoms with E-state index in [4.69, 9.17) is 37.0 Å². The summed E-state index contributed by atoms with van der Waals surface area (Å²) in [6.07, 6.45) is 66.5.